The maximum absolute atomic E-state index is 11.6. The molecule has 1 aliphatic rings. The Hall–Kier alpha value is -0.630. The molecule has 1 saturated heterocycles. The topological polar surface area (TPSA) is 165 Å². The Labute approximate surface area is 131 Å². The average Bonchev–Trinajstić information content (AvgIpc) is 2.47. The molecule has 0 spiro atoms. The van der Waals surface area contributed by atoms with Gasteiger partial charge in [-0.15, -0.1) is 0 Å². The van der Waals surface area contributed by atoms with E-state index >= 15 is 0 Å². The Morgan fingerprint density at radius 2 is 1.86 bits per heavy atom. The number of urea groups is 1. The predicted molar refractivity (Wildman–Crippen MR) is 77.6 cm³/mol. The zero-order valence-electron chi connectivity index (χ0n) is 11.7. The van der Waals surface area contributed by atoms with Crippen LogP contribution >= 0.6 is 10.8 Å². The van der Waals surface area contributed by atoms with Crippen molar-refractivity contribution in [2.45, 2.75) is 30.6 Å². The third-order valence-corrected chi connectivity index (χ3v) is 6.29. The fourth-order valence-electron chi connectivity index (χ4n) is 1.77. The van der Waals surface area contributed by atoms with E-state index in [1.165, 1.54) is 6.26 Å². The van der Waals surface area contributed by atoms with Crippen LogP contribution in [0.4, 0.5) is 4.79 Å². The van der Waals surface area contributed by atoms with Gasteiger partial charge in [0, 0.05) is 6.54 Å². The molecule has 130 valence electrons. The second-order valence-electron chi connectivity index (χ2n) is 4.58. The number of hydrogen-bond acceptors (Lipinski definition) is 9. The van der Waals surface area contributed by atoms with Gasteiger partial charge in [0.1, 0.15) is 24.4 Å². The molecule has 1 rings (SSSR count). The molecular formula is C10H20N2O8S2. The first-order chi connectivity index (χ1) is 10.2. The van der Waals surface area contributed by atoms with Crippen molar-refractivity contribution in [3.05, 3.63) is 0 Å². The van der Waals surface area contributed by atoms with Crippen molar-refractivity contribution >= 4 is 25.7 Å². The first kappa shape index (κ1) is 19.4. The minimum absolute atomic E-state index is 0.146. The lowest BCUT2D eigenvalue weighted by Gasteiger charge is -2.40. The summed E-state index contributed by atoms with van der Waals surface area (Å²) in [6.07, 6.45) is -5.81. The van der Waals surface area contributed by atoms with Gasteiger partial charge in [0.15, 0.2) is 6.23 Å². The van der Waals surface area contributed by atoms with E-state index in [0.717, 1.165) is 0 Å². The van der Waals surface area contributed by atoms with E-state index in [4.69, 9.17) is 9.84 Å². The predicted octanol–water partition coefficient (Wildman–Crippen LogP) is -3.22. The van der Waals surface area contributed by atoms with E-state index in [0.29, 0.717) is 10.8 Å². The quantitative estimate of drug-likeness (QED) is 0.267. The molecule has 0 bridgehead atoms. The minimum atomic E-state index is -3.30. The van der Waals surface area contributed by atoms with Gasteiger partial charge in [-0.3, -0.25) is 0 Å². The maximum Gasteiger partial charge on any atom is 0.316 e. The zero-order chi connectivity index (χ0) is 16.9. The van der Waals surface area contributed by atoms with Crippen molar-refractivity contribution in [2.75, 3.05) is 25.2 Å². The fraction of sp³-hybridized carbons (Fsp3) is 0.900. The number of rotatable bonds is 6. The van der Waals surface area contributed by atoms with E-state index in [9.17, 15) is 28.5 Å². The average molecular weight is 360 g/mol. The lowest BCUT2D eigenvalue weighted by molar-refractivity contribution is -0.233. The van der Waals surface area contributed by atoms with Crippen molar-refractivity contribution in [1.29, 1.82) is 0 Å². The first-order valence-corrected chi connectivity index (χ1v) is 9.74. The van der Waals surface area contributed by atoms with Crippen LogP contribution in [0, 0.1) is 0 Å². The highest BCUT2D eigenvalue weighted by Gasteiger charge is 2.43. The number of hydrogen-bond donors (Lipinski definition) is 6. The summed E-state index contributed by atoms with van der Waals surface area (Å²) in [6, 6.07) is -0.819. The van der Waals surface area contributed by atoms with Crippen LogP contribution in [0.2, 0.25) is 0 Å². The molecule has 0 aliphatic carbocycles. The summed E-state index contributed by atoms with van der Waals surface area (Å²) in [5.74, 6) is -0.268. The number of aliphatic hydroxyl groups excluding tert-OH is 4. The van der Waals surface area contributed by atoms with Crippen LogP contribution in [0.5, 0.6) is 0 Å². The largest absolute Gasteiger partial charge is 0.394 e. The standard InChI is InChI=1S/C10H20N2O8S2/c1-21-22(18,19)3-2-11-10(17)12-9-8(16)7(15)6(14)5(4-13)20-9/h5-9,13-16H,2-4H2,1H3,(H2,11,12,17)/t5-,6-,7+,8-,9?/m1/s1. The van der Waals surface area contributed by atoms with Crippen LogP contribution in [-0.2, 0) is 13.6 Å². The maximum atomic E-state index is 11.6. The van der Waals surface area contributed by atoms with E-state index < -0.39 is 52.2 Å². The van der Waals surface area contributed by atoms with Gasteiger partial charge in [0.2, 0.25) is 8.87 Å². The van der Waals surface area contributed by atoms with Crippen molar-refractivity contribution in [3.63, 3.8) is 0 Å². The lowest BCUT2D eigenvalue weighted by atomic mass is 9.98. The summed E-state index contributed by atoms with van der Waals surface area (Å²) in [6.45, 7) is -0.761. The van der Waals surface area contributed by atoms with E-state index in [2.05, 4.69) is 10.6 Å². The highest BCUT2D eigenvalue weighted by molar-refractivity contribution is 8.71. The Kier molecular flexibility index (Phi) is 7.31. The Morgan fingerprint density at radius 3 is 2.41 bits per heavy atom. The normalized spacial score (nSPS) is 32.5. The van der Waals surface area contributed by atoms with Crippen LogP contribution in [-0.4, -0.2) is 90.7 Å². The van der Waals surface area contributed by atoms with Crippen LogP contribution in [0.1, 0.15) is 0 Å². The lowest BCUT2D eigenvalue weighted by Crippen LogP contribution is -2.64. The molecule has 0 aromatic heterocycles. The van der Waals surface area contributed by atoms with Crippen LogP contribution in [0.3, 0.4) is 0 Å². The molecule has 6 N–H and O–H groups in total. The number of ether oxygens (including phenoxy) is 1. The Balaban J connectivity index is 2.49. The molecule has 22 heavy (non-hydrogen) atoms. The minimum Gasteiger partial charge on any atom is -0.394 e. The number of carbonyl (C=O) groups excluding carboxylic acids is 1. The number of carbonyl (C=O) groups is 1. The monoisotopic (exact) mass is 360 g/mol. The molecule has 1 heterocycles. The van der Waals surface area contributed by atoms with E-state index in [1.54, 1.807) is 0 Å². The molecule has 1 aliphatic heterocycles. The summed E-state index contributed by atoms with van der Waals surface area (Å²) in [5.41, 5.74) is 0. The molecule has 0 radical (unpaired) electrons. The van der Waals surface area contributed by atoms with Gasteiger partial charge in [0.25, 0.3) is 0 Å². The van der Waals surface area contributed by atoms with Crippen molar-refractivity contribution < 1.29 is 38.4 Å². The van der Waals surface area contributed by atoms with Gasteiger partial charge in [-0.1, -0.05) is 0 Å². The summed E-state index contributed by atoms with van der Waals surface area (Å²) < 4.78 is 27.5. The van der Waals surface area contributed by atoms with Crippen molar-refractivity contribution in [1.82, 2.24) is 10.6 Å². The molecule has 12 heteroatoms. The molecule has 0 saturated carbocycles. The number of amides is 2. The molecule has 5 atom stereocenters. The smallest absolute Gasteiger partial charge is 0.316 e. The third-order valence-electron chi connectivity index (χ3n) is 3.06. The number of nitrogens with one attached hydrogen (secondary N) is 2. The number of aliphatic hydroxyl groups is 4. The van der Waals surface area contributed by atoms with Gasteiger partial charge in [0.05, 0.1) is 12.4 Å². The van der Waals surface area contributed by atoms with Gasteiger partial charge in [-0.2, -0.15) is 0 Å². The van der Waals surface area contributed by atoms with Gasteiger partial charge in [-0.25, -0.2) is 13.2 Å². The van der Waals surface area contributed by atoms with Crippen molar-refractivity contribution in [2.24, 2.45) is 0 Å². The highest BCUT2D eigenvalue weighted by atomic mass is 33.1. The Morgan fingerprint density at radius 1 is 1.23 bits per heavy atom. The summed E-state index contributed by atoms with van der Waals surface area (Å²) in [4.78, 5) is 11.6. The summed E-state index contributed by atoms with van der Waals surface area (Å²) >= 11 is 0. The van der Waals surface area contributed by atoms with Crippen LogP contribution < -0.4 is 10.6 Å². The van der Waals surface area contributed by atoms with Gasteiger partial charge < -0.3 is 35.8 Å². The molecule has 1 unspecified atom stereocenters. The fourth-order valence-corrected chi connectivity index (χ4v) is 3.04. The first-order valence-electron chi connectivity index (χ1n) is 6.35. The van der Waals surface area contributed by atoms with Crippen LogP contribution in [0.25, 0.3) is 0 Å². The highest BCUT2D eigenvalue weighted by Crippen LogP contribution is 2.19. The SMILES string of the molecule is CSS(=O)(=O)CCNC(=O)NC1O[C@H](CO)[C@@H](O)[C@H](O)[C@H]1O. The van der Waals surface area contributed by atoms with Crippen LogP contribution in [0.15, 0.2) is 0 Å². The molecule has 0 aromatic carbocycles. The van der Waals surface area contributed by atoms with Gasteiger partial charge >= 0.3 is 6.03 Å². The van der Waals surface area contributed by atoms with Crippen molar-refractivity contribution in [3.8, 4) is 0 Å². The summed E-state index contributed by atoms with van der Waals surface area (Å²) in [5, 5.41) is 42.3. The molecule has 2 amide bonds. The second-order valence-corrected chi connectivity index (χ2v) is 8.96. The molecule has 1 fully saturated rings. The zero-order valence-corrected chi connectivity index (χ0v) is 13.4. The van der Waals surface area contributed by atoms with E-state index in [-0.39, 0.29) is 12.3 Å². The molecule has 10 nitrogen and oxygen atoms in total. The van der Waals surface area contributed by atoms with Gasteiger partial charge in [-0.05, 0) is 17.0 Å². The molecule has 0 aromatic rings. The Bertz CT molecular complexity index is 472. The second kappa shape index (κ2) is 8.29. The summed E-state index contributed by atoms with van der Waals surface area (Å²) in [7, 11) is -2.63. The third kappa shape index (κ3) is 5.22. The van der Waals surface area contributed by atoms with E-state index in [1.807, 2.05) is 0 Å². The molecular weight excluding hydrogens is 340 g/mol.